The minimum atomic E-state index is -3.92. The van der Waals surface area contributed by atoms with Crippen LogP contribution in [0.25, 0.3) is 11.0 Å². The molecule has 2 aromatic heterocycles. The Labute approximate surface area is 134 Å². The SMILES string of the molecule is COC(=O)c1sccc1NS(=O)(=O)c1ccc2[nH]c(=O)[nH]c2c1. The number of ether oxygens (including phenoxy) is 1. The summed E-state index contributed by atoms with van der Waals surface area (Å²) in [4.78, 5) is 28.0. The Morgan fingerprint density at radius 2 is 1.96 bits per heavy atom. The van der Waals surface area contributed by atoms with Gasteiger partial charge in [0.05, 0.1) is 28.7 Å². The van der Waals surface area contributed by atoms with Gasteiger partial charge in [-0.3, -0.25) is 4.72 Å². The molecule has 3 aromatic rings. The van der Waals surface area contributed by atoms with Gasteiger partial charge in [0.25, 0.3) is 10.0 Å². The van der Waals surface area contributed by atoms with Gasteiger partial charge in [0.1, 0.15) is 4.88 Å². The average Bonchev–Trinajstić information content (AvgIpc) is 3.10. The summed E-state index contributed by atoms with van der Waals surface area (Å²) in [5, 5.41) is 1.58. The van der Waals surface area contributed by atoms with Gasteiger partial charge in [-0.1, -0.05) is 0 Å². The molecule has 0 saturated carbocycles. The number of esters is 1. The molecule has 0 atom stereocenters. The van der Waals surface area contributed by atoms with Crippen LogP contribution in [0.15, 0.2) is 39.3 Å². The minimum Gasteiger partial charge on any atom is -0.465 e. The molecule has 0 aliphatic heterocycles. The van der Waals surface area contributed by atoms with Crippen LogP contribution in [0, 0.1) is 0 Å². The number of hydrogen-bond donors (Lipinski definition) is 3. The largest absolute Gasteiger partial charge is 0.465 e. The normalized spacial score (nSPS) is 11.5. The van der Waals surface area contributed by atoms with Gasteiger partial charge in [0, 0.05) is 0 Å². The van der Waals surface area contributed by atoms with Crippen LogP contribution in [0.5, 0.6) is 0 Å². The molecule has 0 aliphatic rings. The maximum absolute atomic E-state index is 12.5. The van der Waals surface area contributed by atoms with Crippen LogP contribution in [0.3, 0.4) is 0 Å². The summed E-state index contributed by atoms with van der Waals surface area (Å²) in [5.74, 6) is -0.622. The lowest BCUT2D eigenvalue weighted by atomic mass is 10.3. The van der Waals surface area contributed by atoms with Crippen molar-refractivity contribution in [3.05, 3.63) is 45.0 Å². The highest BCUT2D eigenvalue weighted by Crippen LogP contribution is 2.26. The first-order valence-corrected chi connectivity index (χ1v) is 8.67. The number of fused-ring (bicyclic) bond motifs is 1. The number of methoxy groups -OCH3 is 1. The predicted octanol–water partition coefficient (Wildman–Crippen LogP) is 1.51. The Bertz CT molecular complexity index is 1040. The molecule has 0 saturated heterocycles. The van der Waals surface area contributed by atoms with Gasteiger partial charge in [-0.05, 0) is 29.6 Å². The van der Waals surface area contributed by atoms with Gasteiger partial charge < -0.3 is 14.7 Å². The summed E-state index contributed by atoms with van der Waals surface area (Å²) in [6.07, 6.45) is 0. The molecule has 0 radical (unpaired) electrons. The lowest BCUT2D eigenvalue weighted by Crippen LogP contribution is -2.14. The number of carbonyl (C=O) groups excluding carboxylic acids is 1. The molecular weight excluding hydrogens is 342 g/mol. The monoisotopic (exact) mass is 353 g/mol. The Balaban J connectivity index is 1.99. The first-order valence-electron chi connectivity index (χ1n) is 6.31. The van der Waals surface area contributed by atoms with Crippen LogP contribution < -0.4 is 10.4 Å². The van der Waals surface area contributed by atoms with Gasteiger partial charge in [0.2, 0.25) is 0 Å². The fourth-order valence-electron chi connectivity index (χ4n) is 2.02. The Kier molecular flexibility index (Phi) is 3.70. The molecule has 2 heterocycles. The van der Waals surface area contributed by atoms with E-state index in [-0.39, 0.29) is 15.5 Å². The van der Waals surface area contributed by atoms with Crippen molar-refractivity contribution < 1.29 is 17.9 Å². The van der Waals surface area contributed by atoms with E-state index in [0.29, 0.717) is 11.0 Å². The summed E-state index contributed by atoms with van der Waals surface area (Å²) < 4.78 is 31.9. The number of aromatic nitrogens is 2. The third-order valence-electron chi connectivity index (χ3n) is 3.08. The highest BCUT2D eigenvalue weighted by molar-refractivity contribution is 7.92. The van der Waals surface area contributed by atoms with Gasteiger partial charge >= 0.3 is 11.7 Å². The van der Waals surface area contributed by atoms with Crippen molar-refractivity contribution in [2.45, 2.75) is 4.90 Å². The predicted molar refractivity (Wildman–Crippen MR) is 85.4 cm³/mol. The average molecular weight is 353 g/mol. The first-order chi connectivity index (χ1) is 10.9. The van der Waals surface area contributed by atoms with Crippen LogP contribution in [-0.4, -0.2) is 31.5 Å². The van der Waals surface area contributed by atoms with Crippen LogP contribution >= 0.6 is 11.3 Å². The van der Waals surface area contributed by atoms with Crippen LogP contribution in [0.4, 0.5) is 5.69 Å². The second-order valence-electron chi connectivity index (χ2n) is 4.55. The number of rotatable bonds is 4. The Morgan fingerprint density at radius 1 is 1.22 bits per heavy atom. The van der Waals surface area contributed by atoms with Crippen LogP contribution in [-0.2, 0) is 14.8 Å². The smallest absolute Gasteiger partial charge is 0.350 e. The van der Waals surface area contributed by atoms with E-state index in [2.05, 4.69) is 19.4 Å². The van der Waals surface area contributed by atoms with Crippen molar-refractivity contribution in [3.8, 4) is 0 Å². The van der Waals surface area contributed by atoms with E-state index in [4.69, 9.17) is 0 Å². The molecule has 1 aromatic carbocycles. The standard InChI is InChI=1S/C13H11N3O5S2/c1-21-12(17)11-9(4-5-22-11)16-23(19,20)7-2-3-8-10(6-7)15-13(18)14-8/h2-6,16H,1H3,(H2,14,15,18). The van der Waals surface area contributed by atoms with Crippen LogP contribution in [0.2, 0.25) is 0 Å². The molecule has 3 N–H and O–H groups in total. The molecule has 0 fully saturated rings. The van der Waals surface area contributed by atoms with Gasteiger partial charge in [-0.15, -0.1) is 11.3 Å². The van der Waals surface area contributed by atoms with Gasteiger partial charge in [0.15, 0.2) is 0 Å². The quantitative estimate of drug-likeness (QED) is 0.614. The number of anilines is 1. The zero-order chi connectivity index (χ0) is 16.6. The minimum absolute atomic E-state index is 0.0396. The fraction of sp³-hybridized carbons (Fsp3) is 0.0769. The molecule has 10 heteroatoms. The van der Waals surface area contributed by atoms with Crippen molar-refractivity contribution in [2.75, 3.05) is 11.8 Å². The third kappa shape index (κ3) is 2.85. The maximum atomic E-state index is 12.5. The van der Waals surface area contributed by atoms with Crippen molar-refractivity contribution >= 4 is 44.1 Å². The lowest BCUT2D eigenvalue weighted by molar-refractivity contribution is 0.0607. The summed E-state index contributed by atoms with van der Waals surface area (Å²) in [7, 11) is -2.70. The molecule has 0 bridgehead atoms. The Morgan fingerprint density at radius 3 is 2.70 bits per heavy atom. The highest BCUT2D eigenvalue weighted by Gasteiger charge is 2.21. The number of H-pyrrole nitrogens is 2. The molecule has 0 unspecified atom stereocenters. The molecule has 120 valence electrons. The van der Waals surface area contributed by atoms with Crippen LogP contribution in [0.1, 0.15) is 9.67 Å². The second kappa shape index (κ2) is 5.56. The van der Waals surface area contributed by atoms with E-state index in [1.54, 1.807) is 5.38 Å². The topological polar surface area (TPSA) is 121 Å². The summed E-state index contributed by atoms with van der Waals surface area (Å²) in [6.45, 7) is 0. The van der Waals surface area contributed by atoms with Gasteiger partial charge in [-0.2, -0.15) is 0 Å². The number of hydrogen-bond acceptors (Lipinski definition) is 6. The van der Waals surface area contributed by atoms with E-state index in [0.717, 1.165) is 11.3 Å². The summed E-state index contributed by atoms with van der Waals surface area (Å²) >= 11 is 1.07. The molecule has 3 rings (SSSR count). The number of nitrogens with one attached hydrogen (secondary N) is 3. The van der Waals surface area contributed by atoms with E-state index >= 15 is 0 Å². The van der Waals surface area contributed by atoms with Crippen molar-refractivity contribution in [3.63, 3.8) is 0 Å². The lowest BCUT2D eigenvalue weighted by Gasteiger charge is -2.08. The summed E-state index contributed by atoms with van der Waals surface area (Å²) in [6, 6.07) is 5.65. The number of carbonyl (C=O) groups is 1. The zero-order valence-electron chi connectivity index (χ0n) is 11.7. The number of thiophene rings is 1. The fourth-order valence-corrected chi connectivity index (χ4v) is 3.95. The zero-order valence-corrected chi connectivity index (χ0v) is 13.4. The van der Waals surface area contributed by atoms with Crippen molar-refractivity contribution in [2.24, 2.45) is 0 Å². The molecule has 0 amide bonds. The number of sulfonamides is 1. The summed E-state index contributed by atoms with van der Waals surface area (Å²) in [5.41, 5.74) is 0.592. The maximum Gasteiger partial charge on any atom is 0.350 e. The number of benzene rings is 1. The van der Waals surface area contributed by atoms with Crippen molar-refractivity contribution in [1.82, 2.24) is 9.97 Å². The number of aromatic amines is 2. The van der Waals surface area contributed by atoms with Crippen molar-refractivity contribution in [1.29, 1.82) is 0 Å². The molecule has 0 spiro atoms. The third-order valence-corrected chi connectivity index (χ3v) is 5.34. The van der Waals surface area contributed by atoms with E-state index in [9.17, 15) is 18.0 Å². The molecular formula is C13H11N3O5S2. The van der Waals surface area contributed by atoms with E-state index in [1.165, 1.54) is 31.4 Å². The van der Waals surface area contributed by atoms with E-state index < -0.39 is 21.7 Å². The molecule has 0 aliphatic carbocycles. The molecule has 8 nitrogen and oxygen atoms in total. The highest BCUT2D eigenvalue weighted by atomic mass is 32.2. The number of imidazole rings is 1. The second-order valence-corrected chi connectivity index (χ2v) is 7.15. The first kappa shape index (κ1) is 15.3. The van der Waals surface area contributed by atoms with E-state index in [1.807, 2.05) is 0 Å². The molecule has 23 heavy (non-hydrogen) atoms. The Hall–Kier alpha value is -2.59. The van der Waals surface area contributed by atoms with Gasteiger partial charge in [-0.25, -0.2) is 18.0 Å².